The first-order valence-corrected chi connectivity index (χ1v) is 7.50. The summed E-state index contributed by atoms with van der Waals surface area (Å²) >= 11 is 6.21. The first-order chi connectivity index (χ1) is 10.2. The first-order valence-electron chi connectivity index (χ1n) is 7.12. The summed E-state index contributed by atoms with van der Waals surface area (Å²) in [5.74, 6) is 0.903. The monoisotopic (exact) mass is 303 g/mol. The van der Waals surface area contributed by atoms with Crippen molar-refractivity contribution in [1.82, 2.24) is 9.88 Å². The summed E-state index contributed by atoms with van der Waals surface area (Å²) in [6, 6.07) is 13.3. The molecule has 3 rings (SSSR count). The quantitative estimate of drug-likeness (QED) is 0.946. The van der Waals surface area contributed by atoms with Gasteiger partial charge in [0.25, 0.3) is 0 Å². The Balaban J connectivity index is 1.60. The van der Waals surface area contributed by atoms with Crippen LogP contribution >= 0.6 is 11.6 Å². The zero-order valence-electron chi connectivity index (χ0n) is 11.8. The Kier molecular flexibility index (Phi) is 4.27. The molecule has 1 N–H and O–H groups in total. The predicted octanol–water partition coefficient (Wildman–Crippen LogP) is 2.35. The number of nitrogens with zero attached hydrogens (tertiary/aromatic N) is 2. The number of pyridine rings is 1. The number of rotatable bonds is 3. The Labute approximate surface area is 129 Å². The second-order valence-corrected chi connectivity index (χ2v) is 5.66. The van der Waals surface area contributed by atoms with E-state index in [9.17, 15) is 4.79 Å². The molecule has 5 heteroatoms. The molecule has 1 aliphatic heterocycles. The fraction of sp³-hybridized carbons (Fsp3) is 0.312. The average molecular weight is 304 g/mol. The molecule has 1 saturated heterocycles. The van der Waals surface area contributed by atoms with Gasteiger partial charge in [-0.3, -0.25) is 9.69 Å². The second kappa shape index (κ2) is 6.33. The lowest BCUT2D eigenvalue weighted by Gasteiger charge is -2.35. The molecule has 1 aliphatic rings. The third-order valence-corrected chi connectivity index (χ3v) is 4.19. The van der Waals surface area contributed by atoms with Crippen LogP contribution in [-0.2, 0) is 6.54 Å². The van der Waals surface area contributed by atoms with Gasteiger partial charge in [0.15, 0.2) is 0 Å². The number of benzene rings is 1. The summed E-state index contributed by atoms with van der Waals surface area (Å²) in [5.41, 5.74) is 1.12. The summed E-state index contributed by atoms with van der Waals surface area (Å²) in [5, 5.41) is 0.826. The van der Waals surface area contributed by atoms with Crippen LogP contribution in [0.2, 0.25) is 5.02 Å². The minimum absolute atomic E-state index is 0.0500. The van der Waals surface area contributed by atoms with Crippen LogP contribution in [0.25, 0.3) is 0 Å². The molecule has 0 aliphatic carbocycles. The van der Waals surface area contributed by atoms with Gasteiger partial charge >= 0.3 is 0 Å². The van der Waals surface area contributed by atoms with Crippen molar-refractivity contribution in [3.63, 3.8) is 0 Å². The molecule has 0 saturated carbocycles. The Morgan fingerprint density at radius 1 is 1.00 bits per heavy atom. The molecule has 0 bridgehead atoms. The SMILES string of the molecule is O=c1cccc(N2CCN(Cc3ccccc3Cl)CC2)[nH]1. The standard InChI is InChI=1S/C16H18ClN3O/c17-14-5-2-1-4-13(14)12-19-8-10-20(11-9-19)15-6-3-7-16(21)18-15/h1-7H,8-12H2,(H,18,21). The number of anilines is 1. The molecule has 1 aromatic carbocycles. The summed E-state index contributed by atoms with van der Waals surface area (Å²) in [6.45, 7) is 4.61. The molecule has 2 aromatic rings. The van der Waals surface area contributed by atoms with E-state index in [2.05, 4.69) is 20.9 Å². The largest absolute Gasteiger partial charge is 0.356 e. The molecule has 0 amide bonds. The van der Waals surface area contributed by atoms with Crippen LogP contribution in [0.3, 0.4) is 0 Å². The summed E-state index contributed by atoms with van der Waals surface area (Å²) in [4.78, 5) is 18.9. The molecule has 0 unspecified atom stereocenters. The van der Waals surface area contributed by atoms with Gasteiger partial charge in [0, 0.05) is 43.8 Å². The third kappa shape index (κ3) is 3.46. The molecule has 0 radical (unpaired) electrons. The van der Waals surface area contributed by atoms with Crippen LogP contribution in [-0.4, -0.2) is 36.1 Å². The molecule has 0 spiro atoms. The highest BCUT2D eigenvalue weighted by atomic mass is 35.5. The highest BCUT2D eigenvalue weighted by Crippen LogP contribution is 2.19. The maximum absolute atomic E-state index is 11.4. The van der Waals surface area contributed by atoms with Gasteiger partial charge in [0.1, 0.15) is 5.82 Å². The van der Waals surface area contributed by atoms with E-state index in [-0.39, 0.29) is 5.56 Å². The highest BCUT2D eigenvalue weighted by molar-refractivity contribution is 6.31. The van der Waals surface area contributed by atoms with Crippen molar-refractivity contribution in [3.8, 4) is 0 Å². The van der Waals surface area contributed by atoms with Gasteiger partial charge in [0.2, 0.25) is 5.56 Å². The van der Waals surface area contributed by atoms with E-state index in [1.54, 1.807) is 6.07 Å². The Bertz CT molecular complexity index is 662. The maximum atomic E-state index is 11.4. The van der Waals surface area contributed by atoms with Gasteiger partial charge in [0.05, 0.1) is 0 Å². The molecule has 110 valence electrons. The molecular formula is C16H18ClN3O. The molecule has 0 atom stereocenters. The number of halogens is 1. The topological polar surface area (TPSA) is 39.3 Å². The van der Waals surface area contributed by atoms with Gasteiger partial charge in [-0.15, -0.1) is 0 Å². The van der Waals surface area contributed by atoms with Crippen LogP contribution in [0, 0.1) is 0 Å². The number of H-pyrrole nitrogens is 1. The van der Waals surface area contributed by atoms with Gasteiger partial charge < -0.3 is 9.88 Å². The van der Waals surface area contributed by atoms with Crippen molar-refractivity contribution < 1.29 is 0 Å². The lowest BCUT2D eigenvalue weighted by molar-refractivity contribution is 0.249. The van der Waals surface area contributed by atoms with E-state index in [0.717, 1.165) is 43.6 Å². The highest BCUT2D eigenvalue weighted by Gasteiger charge is 2.18. The fourth-order valence-electron chi connectivity index (χ4n) is 2.64. The predicted molar refractivity (Wildman–Crippen MR) is 86.0 cm³/mol. The Morgan fingerprint density at radius 2 is 1.76 bits per heavy atom. The number of piperazine rings is 1. The number of nitrogens with one attached hydrogen (secondary N) is 1. The summed E-state index contributed by atoms with van der Waals surface area (Å²) < 4.78 is 0. The van der Waals surface area contributed by atoms with Crippen molar-refractivity contribution in [2.24, 2.45) is 0 Å². The van der Waals surface area contributed by atoms with Gasteiger partial charge in [-0.2, -0.15) is 0 Å². The van der Waals surface area contributed by atoms with E-state index < -0.39 is 0 Å². The minimum atomic E-state index is -0.0500. The number of hydrogen-bond acceptors (Lipinski definition) is 3. The lowest BCUT2D eigenvalue weighted by Crippen LogP contribution is -2.46. The van der Waals surface area contributed by atoms with Crippen LogP contribution in [0.4, 0.5) is 5.82 Å². The van der Waals surface area contributed by atoms with Gasteiger partial charge in [-0.1, -0.05) is 35.9 Å². The van der Waals surface area contributed by atoms with Crippen molar-refractivity contribution in [1.29, 1.82) is 0 Å². The van der Waals surface area contributed by atoms with Crippen molar-refractivity contribution in [2.75, 3.05) is 31.1 Å². The zero-order valence-corrected chi connectivity index (χ0v) is 12.5. The van der Waals surface area contributed by atoms with E-state index in [0.29, 0.717) is 0 Å². The minimum Gasteiger partial charge on any atom is -0.356 e. The number of hydrogen-bond donors (Lipinski definition) is 1. The van der Waals surface area contributed by atoms with Crippen LogP contribution in [0.15, 0.2) is 47.3 Å². The van der Waals surface area contributed by atoms with E-state index >= 15 is 0 Å². The van der Waals surface area contributed by atoms with Crippen LogP contribution in [0.1, 0.15) is 5.56 Å². The zero-order chi connectivity index (χ0) is 14.7. The smallest absolute Gasteiger partial charge is 0.249 e. The lowest BCUT2D eigenvalue weighted by atomic mass is 10.2. The van der Waals surface area contributed by atoms with E-state index in [1.807, 2.05) is 24.3 Å². The van der Waals surface area contributed by atoms with Crippen molar-refractivity contribution >= 4 is 17.4 Å². The number of aromatic amines is 1. The molecule has 1 fully saturated rings. The van der Waals surface area contributed by atoms with Gasteiger partial charge in [-0.05, 0) is 17.7 Å². The Morgan fingerprint density at radius 3 is 2.48 bits per heavy atom. The normalized spacial score (nSPS) is 16.1. The second-order valence-electron chi connectivity index (χ2n) is 5.25. The maximum Gasteiger partial charge on any atom is 0.249 e. The molecular weight excluding hydrogens is 286 g/mol. The van der Waals surface area contributed by atoms with Crippen molar-refractivity contribution in [3.05, 3.63) is 63.4 Å². The molecule has 2 heterocycles. The van der Waals surface area contributed by atoms with Gasteiger partial charge in [-0.25, -0.2) is 0 Å². The average Bonchev–Trinajstić information content (AvgIpc) is 2.50. The molecule has 1 aromatic heterocycles. The van der Waals surface area contributed by atoms with Crippen LogP contribution < -0.4 is 10.5 Å². The summed E-state index contributed by atoms with van der Waals surface area (Å²) in [7, 11) is 0. The molecule has 4 nitrogen and oxygen atoms in total. The van der Waals surface area contributed by atoms with E-state index in [1.165, 1.54) is 11.6 Å². The van der Waals surface area contributed by atoms with Crippen molar-refractivity contribution in [2.45, 2.75) is 6.54 Å². The number of aromatic nitrogens is 1. The van der Waals surface area contributed by atoms with Crippen LogP contribution in [0.5, 0.6) is 0 Å². The van der Waals surface area contributed by atoms with E-state index in [4.69, 9.17) is 11.6 Å². The summed E-state index contributed by atoms with van der Waals surface area (Å²) in [6.07, 6.45) is 0. The Hall–Kier alpha value is -1.78. The molecule has 21 heavy (non-hydrogen) atoms. The third-order valence-electron chi connectivity index (χ3n) is 3.82. The fourth-order valence-corrected chi connectivity index (χ4v) is 2.83. The first kappa shape index (κ1) is 14.2.